The van der Waals surface area contributed by atoms with Crippen molar-refractivity contribution in [3.8, 4) is 11.1 Å². The van der Waals surface area contributed by atoms with Crippen LogP contribution in [0, 0.1) is 0 Å². The number of fused-ring (bicyclic) bond motifs is 5. The molecular formula is C14H8N2. The van der Waals surface area contributed by atoms with Gasteiger partial charge in [-0.1, -0.05) is 30.3 Å². The molecule has 0 N–H and O–H groups in total. The van der Waals surface area contributed by atoms with E-state index in [0.29, 0.717) is 0 Å². The zero-order valence-electron chi connectivity index (χ0n) is 8.51. The largest absolute Gasteiger partial charge is 0.158 e. The summed E-state index contributed by atoms with van der Waals surface area (Å²) in [7, 11) is 0. The maximum Gasteiger partial charge on any atom is 0.0951 e. The summed E-state index contributed by atoms with van der Waals surface area (Å²) in [5.74, 6) is 0. The van der Waals surface area contributed by atoms with Gasteiger partial charge < -0.3 is 0 Å². The number of rotatable bonds is 0. The molecule has 2 aliphatic rings. The smallest absolute Gasteiger partial charge is 0.0951 e. The third kappa shape index (κ3) is 0.865. The Morgan fingerprint density at radius 1 is 0.812 bits per heavy atom. The first-order valence-electron chi connectivity index (χ1n) is 5.29. The van der Waals surface area contributed by atoms with Crippen molar-refractivity contribution in [3.63, 3.8) is 0 Å². The Morgan fingerprint density at radius 2 is 1.75 bits per heavy atom. The molecule has 1 aliphatic carbocycles. The molecule has 0 bridgehead atoms. The molecular weight excluding hydrogens is 196 g/mol. The molecule has 2 aromatic carbocycles. The molecule has 0 saturated carbocycles. The Balaban J connectivity index is 2.21. The van der Waals surface area contributed by atoms with Crippen molar-refractivity contribution in [2.45, 2.75) is 0 Å². The van der Waals surface area contributed by atoms with Crippen LogP contribution in [0.3, 0.4) is 0 Å². The molecule has 1 aliphatic heterocycles. The monoisotopic (exact) mass is 204 g/mol. The van der Waals surface area contributed by atoms with Gasteiger partial charge in [-0.25, -0.2) is 0 Å². The topological polar surface area (TPSA) is 24.7 Å². The van der Waals surface area contributed by atoms with Gasteiger partial charge in [0.15, 0.2) is 0 Å². The van der Waals surface area contributed by atoms with Crippen LogP contribution in [0.15, 0.2) is 46.6 Å². The van der Waals surface area contributed by atoms with Crippen molar-refractivity contribution in [1.82, 2.24) is 0 Å². The van der Waals surface area contributed by atoms with Gasteiger partial charge in [0.05, 0.1) is 11.9 Å². The second-order valence-corrected chi connectivity index (χ2v) is 4.04. The first-order valence-corrected chi connectivity index (χ1v) is 5.29. The Kier molecular flexibility index (Phi) is 1.33. The first kappa shape index (κ1) is 7.99. The zero-order chi connectivity index (χ0) is 10.5. The van der Waals surface area contributed by atoms with E-state index in [4.69, 9.17) is 0 Å². The molecule has 0 saturated heterocycles. The maximum atomic E-state index is 4.09. The van der Waals surface area contributed by atoms with Gasteiger partial charge in [0.1, 0.15) is 0 Å². The number of hydrogen-bond acceptors (Lipinski definition) is 2. The Bertz CT molecular complexity index is 755. The average molecular weight is 204 g/mol. The summed E-state index contributed by atoms with van der Waals surface area (Å²) < 4.78 is 0. The quantitative estimate of drug-likeness (QED) is 0.537. The molecule has 74 valence electrons. The standard InChI is InChI=1S/C14H8N2/c1-2-4-10-9(3-1)7-12-11(10)5-6-14-13(12)8-15-16-14/h1-8H. The van der Waals surface area contributed by atoms with E-state index in [0.717, 1.165) is 10.9 Å². The average Bonchev–Trinajstić information content (AvgIpc) is 2.92. The molecule has 2 heteroatoms. The fourth-order valence-electron chi connectivity index (χ4n) is 2.41. The van der Waals surface area contributed by atoms with Crippen molar-refractivity contribution in [3.05, 3.63) is 52.4 Å². The Hall–Kier alpha value is -2.22. The molecule has 0 atom stereocenters. The maximum absolute atomic E-state index is 4.09. The van der Waals surface area contributed by atoms with Gasteiger partial charge in [-0.3, -0.25) is 0 Å². The van der Waals surface area contributed by atoms with Gasteiger partial charge in [-0.05, 0) is 34.1 Å². The van der Waals surface area contributed by atoms with Crippen molar-refractivity contribution >= 4 is 18.0 Å². The van der Waals surface area contributed by atoms with E-state index >= 15 is 0 Å². The van der Waals surface area contributed by atoms with E-state index in [2.05, 4.69) is 46.6 Å². The summed E-state index contributed by atoms with van der Waals surface area (Å²) in [6, 6.07) is 12.6. The number of azo groups is 1. The molecule has 2 aromatic rings. The summed E-state index contributed by atoms with van der Waals surface area (Å²) in [6.07, 6.45) is 4.06. The van der Waals surface area contributed by atoms with Crippen molar-refractivity contribution in [1.29, 1.82) is 0 Å². The van der Waals surface area contributed by atoms with Crippen molar-refractivity contribution in [2.24, 2.45) is 10.2 Å². The highest BCUT2D eigenvalue weighted by Crippen LogP contribution is 2.26. The minimum absolute atomic E-state index is 0.975. The first-order chi connectivity index (χ1) is 7.93. The van der Waals surface area contributed by atoms with Crippen LogP contribution >= 0.6 is 0 Å². The number of benzene rings is 2. The molecule has 0 aromatic heterocycles. The Labute approximate surface area is 92.3 Å². The van der Waals surface area contributed by atoms with Crippen LogP contribution in [0.4, 0.5) is 5.69 Å². The SMILES string of the molecule is C1=c2c(ccc3c2=Cc2ccccc2-3)N=N1. The molecule has 0 unspecified atom stereocenters. The van der Waals surface area contributed by atoms with Gasteiger partial charge >= 0.3 is 0 Å². The van der Waals surface area contributed by atoms with E-state index in [1.54, 1.807) is 0 Å². The van der Waals surface area contributed by atoms with Crippen molar-refractivity contribution in [2.75, 3.05) is 0 Å². The predicted octanol–water partition coefficient (Wildman–Crippen LogP) is 2.33. The van der Waals surface area contributed by atoms with Gasteiger partial charge in [0, 0.05) is 5.22 Å². The molecule has 0 fully saturated rings. The molecule has 4 rings (SSSR count). The van der Waals surface area contributed by atoms with Crippen LogP contribution in [-0.2, 0) is 0 Å². The highest BCUT2D eigenvalue weighted by atomic mass is 15.1. The summed E-state index contributed by atoms with van der Waals surface area (Å²) in [5.41, 5.74) is 4.85. The number of hydrogen-bond donors (Lipinski definition) is 0. The lowest BCUT2D eigenvalue weighted by Crippen LogP contribution is -2.23. The summed E-state index contributed by atoms with van der Waals surface area (Å²) in [4.78, 5) is 0. The Morgan fingerprint density at radius 3 is 2.75 bits per heavy atom. The van der Waals surface area contributed by atoms with Gasteiger partial charge in [-0.15, -0.1) is 0 Å². The van der Waals surface area contributed by atoms with E-state index in [1.807, 2.05) is 12.3 Å². The second kappa shape index (κ2) is 2.67. The predicted molar refractivity (Wildman–Crippen MR) is 63.7 cm³/mol. The highest BCUT2D eigenvalue weighted by Gasteiger charge is 2.14. The highest BCUT2D eigenvalue weighted by molar-refractivity contribution is 5.84. The van der Waals surface area contributed by atoms with E-state index in [9.17, 15) is 0 Å². The fraction of sp³-hybridized carbons (Fsp3) is 0. The van der Waals surface area contributed by atoms with Crippen LogP contribution in [0.25, 0.3) is 23.4 Å². The molecule has 1 heterocycles. The van der Waals surface area contributed by atoms with Crippen LogP contribution in [0.1, 0.15) is 5.56 Å². The van der Waals surface area contributed by atoms with E-state index < -0.39 is 0 Å². The lowest BCUT2D eigenvalue weighted by molar-refractivity contribution is 1.32. The van der Waals surface area contributed by atoms with E-state index in [-0.39, 0.29) is 0 Å². The van der Waals surface area contributed by atoms with Gasteiger partial charge in [-0.2, -0.15) is 10.2 Å². The van der Waals surface area contributed by atoms with Crippen LogP contribution in [0.2, 0.25) is 0 Å². The molecule has 2 nitrogen and oxygen atoms in total. The summed E-state index contributed by atoms with van der Waals surface area (Å²) >= 11 is 0. The molecule has 16 heavy (non-hydrogen) atoms. The van der Waals surface area contributed by atoms with Crippen LogP contribution < -0.4 is 10.4 Å². The minimum Gasteiger partial charge on any atom is -0.158 e. The second-order valence-electron chi connectivity index (χ2n) is 4.04. The molecule has 0 radical (unpaired) electrons. The van der Waals surface area contributed by atoms with Gasteiger partial charge in [0.2, 0.25) is 0 Å². The zero-order valence-corrected chi connectivity index (χ0v) is 8.51. The van der Waals surface area contributed by atoms with Crippen LogP contribution in [0.5, 0.6) is 0 Å². The van der Waals surface area contributed by atoms with Crippen LogP contribution in [-0.4, -0.2) is 0 Å². The lowest BCUT2D eigenvalue weighted by Gasteiger charge is -1.99. The summed E-state index contributed by atoms with van der Waals surface area (Å²) in [5, 5.41) is 10.5. The van der Waals surface area contributed by atoms with E-state index in [1.165, 1.54) is 21.9 Å². The van der Waals surface area contributed by atoms with Crippen molar-refractivity contribution < 1.29 is 0 Å². The minimum atomic E-state index is 0.975. The molecule has 0 amide bonds. The van der Waals surface area contributed by atoms with Gasteiger partial charge in [0.25, 0.3) is 0 Å². The third-order valence-electron chi connectivity index (χ3n) is 3.17. The third-order valence-corrected chi connectivity index (χ3v) is 3.17. The lowest BCUT2D eigenvalue weighted by atomic mass is 10.0. The summed E-state index contributed by atoms with van der Waals surface area (Å²) in [6.45, 7) is 0. The number of nitrogens with zero attached hydrogens (tertiary/aromatic N) is 2. The fourth-order valence-corrected chi connectivity index (χ4v) is 2.41. The molecule has 0 spiro atoms. The normalized spacial score (nSPS) is 13.8.